The summed E-state index contributed by atoms with van der Waals surface area (Å²) in [6, 6.07) is 9.27. The lowest BCUT2D eigenvalue weighted by Gasteiger charge is -2.04. The highest BCUT2D eigenvalue weighted by atomic mass is 19.1. The predicted molar refractivity (Wildman–Crippen MR) is 93.3 cm³/mol. The summed E-state index contributed by atoms with van der Waals surface area (Å²) in [4.78, 5) is 15.9. The lowest BCUT2D eigenvalue weighted by Crippen LogP contribution is -2.25. The number of halogens is 3. The fourth-order valence-electron chi connectivity index (χ4n) is 2.55. The lowest BCUT2D eigenvalue weighted by molar-refractivity contribution is -0.121. The van der Waals surface area contributed by atoms with Crippen LogP contribution in [0, 0.1) is 17.5 Å². The molecule has 0 unspecified atom stereocenters. The number of hydrogen-bond donors (Lipinski definition) is 1. The Morgan fingerprint density at radius 2 is 1.74 bits per heavy atom. The van der Waals surface area contributed by atoms with Crippen LogP contribution in [0.1, 0.15) is 17.9 Å². The molecule has 0 aliphatic carbocycles. The van der Waals surface area contributed by atoms with Gasteiger partial charge < -0.3 is 9.73 Å². The Morgan fingerprint density at radius 1 is 1.00 bits per heavy atom. The summed E-state index contributed by atoms with van der Waals surface area (Å²) >= 11 is 0. The molecule has 0 radical (unpaired) electrons. The van der Waals surface area contributed by atoms with Crippen molar-refractivity contribution in [2.75, 3.05) is 6.54 Å². The molecule has 0 aliphatic heterocycles. The Bertz CT molecular complexity index is 923. The molecule has 0 atom stereocenters. The van der Waals surface area contributed by atoms with Crippen LogP contribution in [0.5, 0.6) is 0 Å². The molecule has 0 bridgehead atoms. The van der Waals surface area contributed by atoms with Crippen LogP contribution in [0.2, 0.25) is 0 Å². The first-order chi connectivity index (χ1) is 13.0. The van der Waals surface area contributed by atoms with Gasteiger partial charge in [-0.15, -0.1) is 0 Å². The van der Waals surface area contributed by atoms with E-state index in [1.54, 1.807) is 12.1 Å². The Morgan fingerprint density at radius 3 is 2.48 bits per heavy atom. The van der Waals surface area contributed by atoms with Crippen LogP contribution in [0.25, 0.3) is 11.3 Å². The van der Waals surface area contributed by atoms with Crippen LogP contribution in [0.4, 0.5) is 13.2 Å². The summed E-state index contributed by atoms with van der Waals surface area (Å²) < 4.78 is 45.0. The zero-order valence-corrected chi connectivity index (χ0v) is 14.3. The standard InChI is InChI=1S/C20H17F3N2O2/c21-14-3-1-13(2-4-14)9-10-24-19(26)7-8-20-25-12-18(27-20)16-6-5-15(22)11-17(16)23/h1-6,11-12H,7-10H2,(H,24,26). The first-order valence-electron chi connectivity index (χ1n) is 8.42. The topological polar surface area (TPSA) is 55.1 Å². The molecule has 0 aliphatic rings. The summed E-state index contributed by atoms with van der Waals surface area (Å²) in [7, 11) is 0. The number of nitrogens with one attached hydrogen (secondary N) is 1. The molecule has 1 amide bonds. The van der Waals surface area contributed by atoms with Gasteiger partial charge in [0, 0.05) is 25.5 Å². The number of rotatable bonds is 7. The van der Waals surface area contributed by atoms with E-state index >= 15 is 0 Å². The molecule has 27 heavy (non-hydrogen) atoms. The van der Waals surface area contributed by atoms with E-state index < -0.39 is 11.6 Å². The summed E-state index contributed by atoms with van der Waals surface area (Å²) in [5, 5.41) is 2.77. The highest BCUT2D eigenvalue weighted by Crippen LogP contribution is 2.24. The molecule has 0 saturated carbocycles. The maximum atomic E-state index is 13.7. The number of carbonyl (C=O) groups is 1. The Kier molecular flexibility index (Phi) is 5.90. The minimum atomic E-state index is -0.740. The first kappa shape index (κ1) is 18.7. The molecular formula is C20H17F3N2O2. The van der Waals surface area contributed by atoms with Crippen molar-refractivity contribution >= 4 is 5.91 Å². The normalized spacial score (nSPS) is 10.8. The Hall–Kier alpha value is -3.09. The minimum absolute atomic E-state index is 0.110. The van der Waals surface area contributed by atoms with Crippen molar-refractivity contribution in [1.29, 1.82) is 0 Å². The molecule has 1 aromatic heterocycles. The summed E-state index contributed by atoms with van der Waals surface area (Å²) in [5.41, 5.74) is 1.04. The fourth-order valence-corrected chi connectivity index (χ4v) is 2.55. The van der Waals surface area contributed by atoms with Crippen molar-refractivity contribution in [2.45, 2.75) is 19.3 Å². The lowest BCUT2D eigenvalue weighted by atomic mass is 10.1. The van der Waals surface area contributed by atoms with Crippen LogP contribution in [-0.4, -0.2) is 17.4 Å². The summed E-state index contributed by atoms with van der Waals surface area (Å²) in [6.45, 7) is 0.433. The maximum absolute atomic E-state index is 13.7. The number of benzene rings is 2. The second kappa shape index (κ2) is 8.53. The highest BCUT2D eigenvalue weighted by molar-refractivity contribution is 5.76. The number of nitrogens with zero attached hydrogens (tertiary/aromatic N) is 1. The third-order valence-electron chi connectivity index (χ3n) is 3.97. The van der Waals surface area contributed by atoms with E-state index in [1.165, 1.54) is 24.4 Å². The van der Waals surface area contributed by atoms with Crippen molar-refractivity contribution in [3.8, 4) is 11.3 Å². The zero-order chi connectivity index (χ0) is 19.2. The molecule has 2 aromatic carbocycles. The molecule has 4 nitrogen and oxygen atoms in total. The van der Waals surface area contributed by atoms with E-state index in [9.17, 15) is 18.0 Å². The van der Waals surface area contributed by atoms with Crippen molar-refractivity contribution < 1.29 is 22.4 Å². The fraction of sp³-hybridized carbons (Fsp3) is 0.200. The van der Waals surface area contributed by atoms with Crippen LogP contribution in [0.3, 0.4) is 0 Å². The molecule has 140 valence electrons. The van der Waals surface area contributed by atoms with E-state index in [4.69, 9.17) is 4.42 Å². The van der Waals surface area contributed by atoms with Crippen LogP contribution >= 0.6 is 0 Å². The van der Waals surface area contributed by atoms with Crippen LogP contribution < -0.4 is 5.32 Å². The molecule has 0 fully saturated rings. The average Bonchev–Trinajstić information content (AvgIpc) is 3.10. The molecular weight excluding hydrogens is 357 g/mol. The van der Waals surface area contributed by atoms with Gasteiger partial charge in [-0.2, -0.15) is 0 Å². The SMILES string of the molecule is O=C(CCc1ncc(-c2ccc(F)cc2F)o1)NCCc1ccc(F)cc1. The van der Waals surface area contributed by atoms with Gasteiger partial charge >= 0.3 is 0 Å². The molecule has 1 N–H and O–H groups in total. The molecule has 0 saturated heterocycles. The number of amides is 1. The molecule has 3 rings (SSSR count). The molecule has 3 aromatic rings. The average molecular weight is 374 g/mol. The van der Waals surface area contributed by atoms with Crippen molar-refractivity contribution in [1.82, 2.24) is 10.3 Å². The van der Waals surface area contributed by atoms with E-state index in [0.717, 1.165) is 17.7 Å². The van der Waals surface area contributed by atoms with Crippen LogP contribution in [0.15, 0.2) is 53.1 Å². The van der Waals surface area contributed by atoms with Gasteiger partial charge in [0.25, 0.3) is 0 Å². The molecule has 0 spiro atoms. The third kappa shape index (κ3) is 5.20. The van der Waals surface area contributed by atoms with E-state index in [1.807, 2.05) is 0 Å². The predicted octanol–water partition coefficient (Wildman–Crippen LogP) is 4.05. The molecule has 1 heterocycles. The summed E-state index contributed by atoms with van der Waals surface area (Å²) in [5.74, 6) is -1.41. The van der Waals surface area contributed by atoms with E-state index in [2.05, 4.69) is 10.3 Å². The van der Waals surface area contributed by atoms with Gasteiger partial charge in [0.1, 0.15) is 17.5 Å². The van der Waals surface area contributed by atoms with Gasteiger partial charge in [-0.3, -0.25) is 4.79 Å². The van der Waals surface area contributed by atoms with Gasteiger partial charge in [0.05, 0.1) is 11.8 Å². The van der Waals surface area contributed by atoms with Gasteiger partial charge in [0.15, 0.2) is 11.7 Å². The Labute approximate surface area is 154 Å². The van der Waals surface area contributed by atoms with E-state index in [-0.39, 0.29) is 35.9 Å². The van der Waals surface area contributed by atoms with Crippen molar-refractivity contribution in [3.63, 3.8) is 0 Å². The minimum Gasteiger partial charge on any atom is -0.441 e. The van der Waals surface area contributed by atoms with Crippen LogP contribution in [-0.2, 0) is 17.6 Å². The Balaban J connectivity index is 1.46. The summed E-state index contributed by atoms with van der Waals surface area (Å²) in [6.07, 6.45) is 2.36. The maximum Gasteiger partial charge on any atom is 0.220 e. The monoisotopic (exact) mass is 374 g/mol. The number of oxazole rings is 1. The van der Waals surface area contributed by atoms with Gasteiger partial charge in [0.2, 0.25) is 5.91 Å². The second-order valence-electron chi connectivity index (χ2n) is 5.97. The number of carbonyl (C=O) groups excluding carboxylic acids is 1. The first-order valence-corrected chi connectivity index (χ1v) is 8.42. The number of hydrogen-bond acceptors (Lipinski definition) is 3. The van der Waals surface area contributed by atoms with Gasteiger partial charge in [-0.1, -0.05) is 12.1 Å². The quantitative estimate of drug-likeness (QED) is 0.679. The van der Waals surface area contributed by atoms with Crippen molar-refractivity contribution in [2.24, 2.45) is 0 Å². The second-order valence-corrected chi connectivity index (χ2v) is 5.97. The van der Waals surface area contributed by atoms with Gasteiger partial charge in [-0.25, -0.2) is 18.2 Å². The number of aryl methyl sites for hydroxylation is 1. The largest absolute Gasteiger partial charge is 0.441 e. The van der Waals surface area contributed by atoms with Crippen molar-refractivity contribution in [3.05, 3.63) is 77.6 Å². The van der Waals surface area contributed by atoms with E-state index in [0.29, 0.717) is 18.9 Å². The zero-order valence-electron chi connectivity index (χ0n) is 14.3. The number of aromatic nitrogens is 1. The third-order valence-corrected chi connectivity index (χ3v) is 3.97. The smallest absolute Gasteiger partial charge is 0.220 e. The molecule has 7 heteroatoms. The van der Waals surface area contributed by atoms with Gasteiger partial charge in [-0.05, 0) is 36.2 Å². The highest BCUT2D eigenvalue weighted by Gasteiger charge is 2.13.